The molecule has 1 aliphatic heterocycles. The van der Waals surface area contributed by atoms with Crippen LogP contribution >= 0.6 is 0 Å². The van der Waals surface area contributed by atoms with Crippen LogP contribution in [0.15, 0.2) is 53.3 Å². The van der Waals surface area contributed by atoms with Crippen LogP contribution in [-0.2, 0) is 22.4 Å². The predicted molar refractivity (Wildman–Crippen MR) is 111 cm³/mol. The first-order valence-electron chi connectivity index (χ1n) is 10.1. The van der Waals surface area contributed by atoms with Crippen molar-refractivity contribution in [1.29, 1.82) is 0 Å². The Morgan fingerprint density at radius 3 is 2.83 bits per heavy atom. The average molecular weight is 408 g/mol. The molecule has 0 spiro atoms. The molecule has 3 aromatic rings. The molecule has 2 aromatic heterocycles. The van der Waals surface area contributed by atoms with Crippen molar-refractivity contribution in [2.75, 3.05) is 13.1 Å². The Morgan fingerprint density at radius 2 is 2.00 bits per heavy atom. The van der Waals surface area contributed by atoms with E-state index in [1.807, 2.05) is 36.5 Å². The van der Waals surface area contributed by atoms with Crippen molar-refractivity contribution in [3.63, 3.8) is 0 Å². The third-order valence-electron chi connectivity index (χ3n) is 5.32. The molecule has 0 unspecified atom stereocenters. The number of aromatic nitrogens is 1. The highest BCUT2D eigenvalue weighted by atomic mass is 16.3. The van der Waals surface area contributed by atoms with Crippen molar-refractivity contribution in [2.24, 2.45) is 0 Å². The number of hydrogen-bond acceptors (Lipinski definition) is 4. The Labute approximate surface area is 173 Å². The van der Waals surface area contributed by atoms with E-state index in [2.05, 4.69) is 15.6 Å². The lowest BCUT2D eigenvalue weighted by molar-refractivity contribution is -0.127. The third kappa shape index (κ3) is 4.37. The molecule has 4 rings (SSSR count). The number of hydrogen-bond donors (Lipinski definition) is 3. The van der Waals surface area contributed by atoms with Crippen LogP contribution in [0.5, 0.6) is 0 Å². The first-order valence-corrected chi connectivity index (χ1v) is 10.1. The van der Waals surface area contributed by atoms with Crippen molar-refractivity contribution in [1.82, 2.24) is 20.5 Å². The Balaban J connectivity index is 1.23. The Hall–Kier alpha value is -3.55. The molecule has 1 atom stereocenters. The van der Waals surface area contributed by atoms with Gasteiger partial charge in [0, 0.05) is 43.0 Å². The van der Waals surface area contributed by atoms with Gasteiger partial charge in [-0.05, 0) is 36.6 Å². The van der Waals surface area contributed by atoms with E-state index in [0.717, 1.165) is 22.2 Å². The summed E-state index contributed by atoms with van der Waals surface area (Å²) < 4.78 is 5.22. The summed E-state index contributed by atoms with van der Waals surface area (Å²) in [6, 6.07) is 10.5. The normalized spacial score (nSPS) is 16.3. The summed E-state index contributed by atoms with van der Waals surface area (Å²) in [5, 5.41) is 6.58. The average Bonchev–Trinajstić information content (AvgIpc) is 3.46. The van der Waals surface area contributed by atoms with Gasteiger partial charge in [-0.1, -0.05) is 18.2 Å². The molecule has 30 heavy (non-hydrogen) atoms. The Kier molecular flexibility index (Phi) is 5.83. The van der Waals surface area contributed by atoms with Crippen molar-refractivity contribution in [2.45, 2.75) is 31.7 Å². The largest absolute Gasteiger partial charge is 0.469 e. The van der Waals surface area contributed by atoms with E-state index < -0.39 is 12.1 Å². The summed E-state index contributed by atoms with van der Waals surface area (Å²) in [4.78, 5) is 41.3. The number of fused-ring (bicyclic) bond motifs is 1. The summed E-state index contributed by atoms with van der Waals surface area (Å²) in [5.74, 6) is 0.378. The molecule has 0 bridgehead atoms. The van der Waals surface area contributed by atoms with Gasteiger partial charge in [-0.2, -0.15) is 0 Å². The molecule has 8 heteroatoms. The summed E-state index contributed by atoms with van der Waals surface area (Å²) in [7, 11) is 0. The number of rotatable bonds is 9. The van der Waals surface area contributed by atoms with Crippen LogP contribution in [0.25, 0.3) is 10.9 Å². The second-order valence-electron chi connectivity index (χ2n) is 7.32. The van der Waals surface area contributed by atoms with Crippen LogP contribution in [0.1, 0.15) is 24.2 Å². The smallest absolute Gasteiger partial charge is 0.324 e. The van der Waals surface area contributed by atoms with Crippen molar-refractivity contribution >= 4 is 28.7 Å². The molecule has 3 N–H and O–H groups in total. The molecular weight excluding hydrogens is 384 g/mol. The minimum absolute atomic E-state index is 0.152. The Bertz CT molecular complexity index is 1040. The predicted octanol–water partition coefficient (Wildman–Crippen LogP) is 2.36. The number of furan rings is 1. The minimum atomic E-state index is -0.656. The molecule has 1 saturated heterocycles. The molecular formula is C22H24N4O4. The highest BCUT2D eigenvalue weighted by molar-refractivity contribution is 6.04. The van der Waals surface area contributed by atoms with Gasteiger partial charge < -0.3 is 20.0 Å². The molecule has 1 fully saturated rings. The van der Waals surface area contributed by atoms with Gasteiger partial charge in [0.05, 0.1) is 6.26 Å². The van der Waals surface area contributed by atoms with Gasteiger partial charge in [0.2, 0.25) is 5.91 Å². The van der Waals surface area contributed by atoms with E-state index in [1.54, 1.807) is 12.3 Å². The second kappa shape index (κ2) is 8.86. The minimum Gasteiger partial charge on any atom is -0.469 e. The highest BCUT2D eigenvalue weighted by Gasteiger charge is 2.37. The lowest BCUT2D eigenvalue weighted by Gasteiger charge is -2.12. The first kappa shape index (κ1) is 19.8. The fourth-order valence-electron chi connectivity index (χ4n) is 3.70. The lowest BCUT2D eigenvalue weighted by atomic mass is 10.1. The summed E-state index contributed by atoms with van der Waals surface area (Å²) in [6.07, 6.45) is 5.14. The van der Waals surface area contributed by atoms with E-state index in [-0.39, 0.29) is 24.7 Å². The number of carbonyl (C=O) groups is 3. The molecule has 3 heterocycles. The van der Waals surface area contributed by atoms with E-state index in [0.29, 0.717) is 25.9 Å². The fourth-order valence-corrected chi connectivity index (χ4v) is 3.70. The second-order valence-corrected chi connectivity index (χ2v) is 7.32. The number of nitrogens with one attached hydrogen (secondary N) is 3. The lowest BCUT2D eigenvalue weighted by Crippen LogP contribution is -2.34. The van der Waals surface area contributed by atoms with E-state index >= 15 is 0 Å². The quantitative estimate of drug-likeness (QED) is 0.473. The third-order valence-corrected chi connectivity index (χ3v) is 5.32. The number of nitrogens with zero attached hydrogens (tertiary/aromatic N) is 1. The van der Waals surface area contributed by atoms with Gasteiger partial charge in [-0.3, -0.25) is 14.5 Å². The molecule has 156 valence electrons. The number of carbonyl (C=O) groups excluding carboxylic acids is 3. The van der Waals surface area contributed by atoms with Crippen molar-refractivity contribution in [3.05, 3.63) is 60.2 Å². The number of benzene rings is 1. The number of imide groups is 1. The van der Waals surface area contributed by atoms with Gasteiger partial charge in [0.1, 0.15) is 11.8 Å². The number of amides is 4. The monoisotopic (exact) mass is 408 g/mol. The molecule has 8 nitrogen and oxygen atoms in total. The maximum Gasteiger partial charge on any atom is 0.324 e. The standard InChI is InChI=1S/C22H24N4O4/c27-20(23-11-9-16-4-3-13-30-16)8-7-19-21(28)26(22(29)25-19)12-10-15-14-24-18-6-2-1-5-17(15)18/h1-6,13-14,19,24H,7-12H2,(H,23,27)(H,25,29)/t19-/m0/s1. The van der Waals surface area contributed by atoms with E-state index in [4.69, 9.17) is 4.42 Å². The maximum atomic E-state index is 12.6. The van der Waals surface area contributed by atoms with Crippen LogP contribution in [0.3, 0.4) is 0 Å². The van der Waals surface area contributed by atoms with E-state index in [1.165, 1.54) is 4.90 Å². The van der Waals surface area contributed by atoms with Crippen LogP contribution in [0, 0.1) is 0 Å². The van der Waals surface area contributed by atoms with Gasteiger partial charge in [-0.15, -0.1) is 0 Å². The van der Waals surface area contributed by atoms with Gasteiger partial charge in [0.25, 0.3) is 5.91 Å². The zero-order valence-electron chi connectivity index (χ0n) is 16.5. The van der Waals surface area contributed by atoms with Crippen molar-refractivity contribution in [3.8, 4) is 0 Å². The number of urea groups is 1. The van der Waals surface area contributed by atoms with Crippen LogP contribution in [-0.4, -0.2) is 46.9 Å². The fraction of sp³-hybridized carbons (Fsp3) is 0.318. The molecule has 1 aliphatic rings. The van der Waals surface area contributed by atoms with Gasteiger partial charge in [0.15, 0.2) is 0 Å². The van der Waals surface area contributed by atoms with Gasteiger partial charge in [-0.25, -0.2) is 4.79 Å². The molecule has 0 saturated carbocycles. The highest BCUT2D eigenvalue weighted by Crippen LogP contribution is 2.19. The first-order chi connectivity index (χ1) is 14.6. The number of H-pyrrole nitrogens is 1. The number of para-hydroxylation sites is 1. The Morgan fingerprint density at radius 1 is 1.13 bits per heavy atom. The molecule has 0 radical (unpaired) electrons. The van der Waals surface area contributed by atoms with Crippen LogP contribution < -0.4 is 10.6 Å². The number of aromatic amines is 1. The zero-order valence-corrected chi connectivity index (χ0v) is 16.5. The van der Waals surface area contributed by atoms with Crippen molar-refractivity contribution < 1.29 is 18.8 Å². The summed E-state index contributed by atoms with van der Waals surface area (Å²) in [6.45, 7) is 0.770. The van der Waals surface area contributed by atoms with Gasteiger partial charge >= 0.3 is 6.03 Å². The summed E-state index contributed by atoms with van der Waals surface area (Å²) >= 11 is 0. The van der Waals surface area contributed by atoms with Crippen LogP contribution in [0.4, 0.5) is 4.79 Å². The van der Waals surface area contributed by atoms with E-state index in [9.17, 15) is 14.4 Å². The molecule has 0 aliphatic carbocycles. The zero-order chi connectivity index (χ0) is 20.9. The maximum absolute atomic E-state index is 12.6. The van der Waals surface area contributed by atoms with Crippen LogP contribution in [0.2, 0.25) is 0 Å². The SMILES string of the molecule is O=C(CC[C@@H]1NC(=O)N(CCc2c[nH]c3ccccc23)C1=O)NCCc1ccco1. The molecule has 1 aromatic carbocycles. The summed E-state index contributed by atoms with van der Waals surface area (Å²) in [5.41, 5.74) is 2.09. The topological polar surface area (TPSA) is 107 Å². The molecule has 4 amide bonds.